The summed E-state index contributed by atoms with van der Waals surface area (Å²) in [6.45, 7) is 2.08. The van der Waals surface area contributed by atoms with Gasteiger partial charge in [0.1, 0.15) is 5.01 Å². The number of rotatable bonds is 5. The first kappa shape index (κ1) is 14.2. The minimum absolute atomic E-state index is 0.177. The fourth-order valence-electron chi connectivity index (χ4n) is 2.21. The van der Waals surface area contributed by atoms with Crippen LogP contribution in [0.25, 0.3) is 11.3 Å². The molecule has 0 fully saturated rings. The van der Waals surface area contributed by atoms with Gasteiger partial charge in [0, 0.05) is 10.9 Å². The molecule has 0 amide bonds. The van der Waals surface area contributed by atoms with Gasteiger partial charge in [0.25, 0.3) is 0 Å². The highest BCUT2D eigenvalue weighted by molar-refractivity contribution is 7.12. The van der Waals surface area contributed by atoms with Crippen LogP contribution in [0.5, 0.6) is 0 Å². The number of hydrogen-bond acceptors (Lipinski definition) is 4. The van der Waals surface area contributed by atoms with Crippen molar-refractivity contribution in [3.63, 3.8) is 0 Å². The summed E-state index contributed by atoms with van der Waals surface area (Å²) in [4.78, 5) is 17.8. The van der Waals surface area contributed by atoms with Crippen molar-refractivity contribution in [1.82, 2.24) is 4.98 Å². The summed E-state index contributed by atoms with van der Waals surface area (Å²) in [5, 5.41) is 4.89. The van der Waals surface area contributed by atoms with Crippen LogP contribution in [0.1, 0.15) is 27.2 Å². The fourth-order valence-corrected chi connectivity index (χ4v) is 3.95. The van der Waals surface area contributed by atoms with E-state index >= 15 is 0 Å². The first-order chi connectivity index (χ1) is 10.3. The number of nitrogens with zero attached hydrogens (tertiary/aromatic N) is 1. The molecule has 0 aliphatic heterocycles. The molecule has 0 saturated carbocycles. The molecule has 106 valence electrons. The van der Waals surface area contributed by atoms with Crippen LogP contribution in [0.2, 0.25) is 0 Å². The van der Waals surface area contributed by atoms with Crippen molar-refractivity contribution in [2.24, 2.45) is 0 Å². The summed E-state index contributed by atoms with van der Waals surface area (Å²) in [7, 11) is 0. The van der Waals surface area contributed by atoms with Crippen molar-refractivity contribution in [3.05, 3.63) is 62.6 Å². The van der Waals surface area contributed by atoms with Crippen LogP contribution in [0.3, 0.4) is 0 Å². The Morgan fingerprint density at radius 3 is 2.71 bits per heavy atom. The largest absolute Gasteiger partial charge is 0.293 e. The smallest absolute Gasteiger partial charge is 0.179 e. The first-order valence-corrected chi connectivity index (χ1v) is 8.63. The zero-order chi connectivity index (χ0) is 14.7. The van der Waals surface area contributed by atoms with Crippen LogP contribution in [0.15, 0.2) is 47.2 Å². The number of hydrogen-bond donors (Lipinski definition) is 0. The minimum atomic E-state index is 0.177. The molecule has 3 rings (SSSR count). The molecule has 0 N–H and O–H groups in total. The number of aromatic nitrogens is 1. The molecule has 0 aliphatic carbocycles. The van der Waals surface area contributed by atoms with E-state index in [1.807, 2.05) is 47.2 Å². The zero-order valence-electron chi connectivity index (χ0n) is 11.7. The van der Waals surface area contributed by atoms with E-state index in [1.165, 1.54) is 11.3 Å². The van der Waals surface area contributed by atoms with Gasteiger partial charge in [-0.2, -0.15) is 0 Å². The molecule has 0 aliphatic rings. The van der Waals surface area contributed by atoms with Gasteiger partial charge in [0.2, 0.25) is 0 Å². The lowest BCUT2D eigenvalue weighted by atomic mass is 10.1. The predicted molar refractivity (Wildman–Crippen MR) is 89.3 cm³/mol. The van der Waals surface area contributed by atoms with Gasteiger partial charge in [-0.15, -0.1) is 22.7 Å². The van der Waals surface area contributed by atoms with E-state index < -0.39 is 0 Å². The van der Waals surface area contributed by atoms with Gasteiger partial charge in [-0.05, 0) is 23.4 Å². The molecule has 2 aromatic heterocycles. The fraction of sp³-hybridized carbons (Fsp3) is 0.176. The average molecular weight is 313 g/mol. The number of thiazole rings is 1. The van der Waals surface area contributed by atoms with E-state index in [0.717, 1.165) is 33.1 Å². The molecule has 0 atom stereocenters. The lowest BCUT2D eigenvalue weighted by Gasteiger charge is -1.99. The van der Waals surface area contributed by atoms with Gasteiger partial charge in [-0.25, -0.2) is 4.98 Å². The standard InChI is InChI=1S/C17H15NOS2/c1-2-12-8-9-20-17(12)15(19)10-16-18-14(11-21-16)13-6-4-3-5-7-13/h3-9,11H,2,10H2,1H3. The van der Waals surface area contributed by atoms with Crippen LogP contribution in [-0.2, 0) is 12.8 Å². The molecular formula is C17H15NOS2. The van der Waals surface area contributed by atoms with E-state index in [1.54, 1.807) is 11.3 Å². The van der Waals surface area contributed by atoms with Crippen LogP contribution < -0.4 is 0 Å². The third kappa shape index (κ3) is 3.12. The minimum Gasteiger partial charge on any atom is -0.293 e. The normalized spacial score (nSPS) is 10.7. The van der Waals surface area contributed by atoms with Crippen LogP contribution in [-0.4, -0.2) is 10.8 Å². The molecule has 21 heavy (non-hydrogen) atoms. The average Bonchev–Trinajstić information content (AvgIpc) is 3.16. The second kappa shape index (κ2) is 6.33. The van der Waals surface area contributed by atoms with Gasteiger partial charge in [-0.1, -0.05) is 37.3 Å². The maximum Gasteiger partial charge on any atom is 0.179 e. The molecule has 0 saturated heterocycles. The van der Waals surface area contributed by atoms with Crippen molar-refractivity contribution in [3.8, 4) is 11.3 Å². The van der Waals surface area contributed by atoms with Gasteiger partial charge in [-0.3, -0.25) is 4.79 Å². The Bertz CT molecular complexity index is 743. The lowest BCUT2D eigenvalue weighted by molar-refractivity contribution is 0.0996. The van der Waals surface area contributed by atoms with Crippen molar-refractivity contribution in [2.45, 2.75) is 19.8 Å². The predicted octanol–water partition coefficient (Wildman–Crippen LogP) is 4.86. The highest BCUT2D eigenvalue weighted by atomic mass is 32.1. The summed E-state index contributed by atoms with van der Waals surface area (Å²) in [6, 6.07) is 12.1. The number of Topliss-reactive ketones (excluding diaryl/α,β-unsaturated/α-hetero) is 1. The Balaban J connectivity index is 1.77. The molecule has 4 heteroatoms. The van der Waals surface area contributed by atoms with Crippen molar-refractivity contribution in [1.29, 1.82) is 0 Å². The van der Waals surface area contributed by atoms with E-state index in [0.29, 0.717) is 6.42 Å². The number of carbonyl (C=O) groups excluding carboxylic acids is 1. The monoisotopic (exact) mass is 313 g/mol. The first-order valence-electron chi connectivity index (χ1n) is 6.87. The van der Waals surface area contributed by atoms with Gasteiger partial charge in [0.05, 0.1) is 17.0 Å². The maximum atomic E-state index is 12.4. The molecule has 2 nitrogen and oxygen atoms in total. The molecule has 0 radical (unpaired) electrons. The summed E-state index contributed by atoms with van der Waals surface area (Å²) in [5.41, 5.74) is 3.19. The molecule has 2 heterocycles. The summed E-state index contributed by atoms with van der Waals surface area (Å²) in [6.07, 6.45) is 1.29. The zero-order valence-corrected chi connectivity index (χ0v) is 13.3. The second-order valence-corrected chi connectivity index (χ2v) is 6.58. The molecular weight excluding hydrogens is 298 g/mol. The highest BCUT2D eigenvalue weighted by Gasteiger charge is 2.15. The van der Waals surface area contributed by atoms with E-state index in [2.05, 4.69) is 11.9 Å². The summed E-state index contributed by atoms with van der Waals surface area (Å²) >= 11 is 3.09. The van der Waals surface area contributed by atoms with Gasteiger partial charge in [0.15, 0.2) is 5.78 Å². The number of benzene rings is 1. The SMILES string of the molecule is CCc1ccsc1C(=O)Cc1nc(-c2ccccc2)cs1. The lowest BCUT2D eigenvalue weighted by Crippen LogP contribution is -2.03. The molecule has 1 aromatic carbocycles. The van der Waals surface area contributed by atoms with E-state index in [4.69, 9.17) is 0 Å². The van der Waals surface area contributed by atoms with Crippen LogP contribution >= 0.6 is 22.7 Å². The number of aryl methyl sites for hydroxylation is 1. The van der Waals surface area contributed by atoms with Gasteiger partial charge >= 0.3 is 0 Å². The third-order valence-electron chi connectivity index (χ3n) is 3.31. The summed E-state index contributed by atoms with van der Waals surface area (Å²) < 4.78 is 0. The number of carbonyl (C=O) groups is 1. The molecule has 3 aromatic rings. The topological polar surface area (TPSA) is 30.0 Å². The second-order valence-electron chi connectivity index (χ2n) is 4.72. The van der Waals surface area contributed by atoms with Crippen molar-refractivity contribution in [2.75, 3.05) is 0 Å². The maximum absolute atomic E-state index is 12.4. The Morgan fingerprint density at radius 2 is 1.95 bits per heavy atom. The van der Waals surface area contributed by atoms with E-state index in [9.17, 15) is 4.79 Å². The van der Waals surface area contributed by atoms with Crippen molar-refractivity contribution >= 4 is 28.5 Å². The summed E-state index contributed by atoms with van der Waals surface area (Å²) in [5.74, 6) is 0.177. The third-order valence-corrected chi connectivity index (χ3v) is 5.16. The Morgan fingerprint density at radius 1 is 1.14 bits per heavy atom. The number of ketones is 1. The quantitative estimate of drug-likeness (QED) is 0.630. The van der Waals surface area contributed by atoms with Crippen LogP contribution in [0.4, 0.5) is 0 Å². The Kier molecular flexibility index (Phi) is 4.27. The van der Waals surface area contributed by atoms with E-state index in [-0.39, 0.29) is 5.78 Å². The Labute approximate surface area is 132 Å². The molecule has 0 spiro atoms. The van der Waals surface area contributed by atoms with Crippen molar-refractivity contribution < 1.29 is 4.79 Å². The van der Waals surface area contributed by atoms with Crippen LogP contribution in [0, 0.1) is 0 Å². The highest BCUT2D eigenvalue weighted by Crippen LogP contribution is 2.24. The molecule has 0 bridgehead atoms. The van der Waals surface area contributed by atoms with Gasteiger partial charge < -0.3 is 0 Å². The Hall–Kier alpha value is -1.78. The molecule has 0 unspecified atom stereocenters. The number of thiophene rings is 1.